The van der Waals surface area contributed by atoms with E-state index in [-0.39, 0.29) is 0 Å². The Morgan fingerprint density at radius 3 is 2.67 bits per heavy atom. The predicted octanol–water partition coefficient (Wildman–Crippen LogP) is 0.787. The minimum Gasteiger partial charge on any atom is -0.326 e. The van der Waals surface area contributed by atoms with Gasteiger partial charge in [0.05, 0.1) is 0 Å². The van der Waals surface area contributed by atoms with E-state index in [2.05, 4.69) is 10.2 Å². The van der Waals surface area contributed by atoms with Crippen molar-refractivity contribution in [2.45, 2.75) is 6.54 Å². The van der Waals surface area contributed by atoms with Crippen molar-refractivity contribution in [3.05, 3.63) is 29.7 Å². The third-order valence-electron chi connectivity index (χ3n) is 1.52. The molecule has 5 heteroatoms. The second kappa shape index (κ2) is 3.04. The first kappa shape index (κ1) is 7.45. The van der Waals surface area contributed by atoms with E-state index in [9.17, 15) is 0 Å². The Kier molecular flexibility index (Phi) is 1.89. The summed E-state index contributed by atoms with van der Waals surface area (Å²) in [4.78, 5) is 1.17. The van der Waals surface area contributed by atoms with Gasteiger partial charge < -0.3 is 5.73 Å². The molecule has 0 aliphatic heterocycles. The van der Waals surface area contributed by atoms with Crippen molar-refractivity contribution in [1.29, 1.82) is 0 Å². The molecule has 0 saturated heterocycles. The molecule has 0 atom stereocenters. The van der Waals surface area contributed by atoms with Crippen molar-refractivity contribution in [2.24, 2.45) is 5.73 Å². The summed E-state index contributed by atoms with van der Waals surface area (Å²) < 4.78 is 1.86. The molecule has 0 bridgehead atoms. The van der Waals surface area contributed by atoms with E-state index in [0.29, 0.717) is 6.54 Å². The molecule has 12 heavy (non-hydrogen) atoms. The van der Waals surface area contributed by atoms with Crippen molar-refractivity contribution in [1.82, 2.24) is 14.8 Å². The van der Waals surface area contributed by atoms with E-state index >= 15 is 0 Å². The Bertz CT molecular complexity index is 351. The number of aromatic nitrogens is 3. The largest absolute Gasteiger partial charge is 0.326 e. The van der Waals surface area contributed by atoms with Crippen molar-refractivity contribution >= 4 is 11.3 Å². The topological polar surface area (TPSA) is 56.7 Å². The normalized spacial score (nSPS) is 10.4. The third-order valence-corrected chi connectivity index (χ3v) is 2.64. The van der Waals surface area contributed by atoms with Crippen LogP contribution in [-0.2, 0) is 6.54 Å². The number of nitrogens with zero attached hydrogens (tertiary/aromatic N) is 3. The van der Waals surface area contributed by atoms with E-state index in [1.54, 1.807) is 24.0 Å². The lowest BCUT2D eigenvalue weighted by Gasteiger charge is -1.92. The molecule has 0 radical (unpaired) electrons. The molecule has 2 N–H and O–H groups in total. The SMILES string of the molecule is NCc1ccc(-n2cnnc2)s1. The number of hydrogen-bond donors (Lipinski definition) is 1. The quantitative estimate of drug-likeness (QED) is 0.743. The third kappa shape index (κ3) is 1.24. The number of nitrogens with two attached hydrogens (primary N) is 1. The Balaban J connectivity index is 2.35. The smallest absolute Gasteiger partial charge is 0.124 e. The van der Waals surface area contributed by atoms with Gasteiger partial charge in [-0.15, -0.1) is 21.5 Å². The number of thiophene rings is 1. The molecule has 0 amide bonds. The van der Waals surface area contributed by atoms with Gasteiger partial charge in [-0.25, -0.2) is 0 Å². The Morgan fingerprint density at radius 1 is 1.33 bits per heavy atom. The first-order valence-corrected chi connectivity index (χ1v) is 4.35. The molecule has 0 spiro atoms. The molecule has 0 saturated carbocycles. The van der Waals surface area contributed by atoms with E-state index in [1.165, 1.54) is 4.88 Å². The Hall–Kier alpha value is -1.20. The van der Waals surface area contributed by atoms with Crippen LogP contribution in [0, 0.1) is 0 Å². The van der Waals surface area contributed by atoms with Crippen LogP contribution >= 0.6 is 11.3 Å². The first-order chi connectivity index (χ1) is 5.90. The highest BCUT2D eigenvalue weighted by atomic mass is 32.1. The average molecular weight is 180 g/mol. The van der Waals surface area contributed by atoms with E-state index in [1.807, 2.05) is 16.7 Å². The van der Waals surface area contributed by atoms with E-state index in [4.69, 9.17) is 5.73 Å². The zero-order chi connectivity index (χ0) is 8.39. The van der Waals surface area contributed by atoms with Crippen LogP contribution in [0.4, 0.5) is 0 Å². The Morgan fingerprint density at radius 2 is 2.08 bits per heavy atom. The summed E-state index contributed by atoms with van der Waals surface area (Å²) in [6.07, 6.45) is 3.35. The monoisotopic (exact) mass is 180 g/mol. The first-order valence-electron chi connectivity index (χ1n) is 3.54. The summed E-state index contributed by atoms with van der Waals surface area (Å²) in [6.45, 7) is 0.590. The highest BCUT2D eigenvalue weighted by molar-refractivity contribution is 7.14. The van der Waals surface area contributed by atoms with Gasteiger partial charge in [0.1, 0.15) is 17.7 Å². The van der Waals surface area contributed by atoms with Crippen LogP contribution in [0.15, 0.2) is 24.8 Å². The summed E-state index contributed by atoms with van der Waals surface area (Å²) >= 11 is 1.65. The van der Waals surface area contributed by atoms with Crippen molar-refractivity contribution in [2.75, 3.05) is 0 Å². The zero-order valence-electron chi connectivity index (χ0n) is 6.34. The maximum atomic E-state index is 5.49. The molecule has 2 rings (SSSR count). The van der Waals surface area contributed by atoms with Gasteiger partial charge in [-0.05, 0) is 12.1 Å². The van der Waals surface area contributed by atoms with Gasteiger partial charge in [-0.2, -0.15) is 0 Å². The molecule has 0 fully saturated rings. The highest BCUT2D eigenvalue weighted by Crippen LogP contribution is 2.19. The van der Waals surface area contributed by atoms with Gasteiger partial charge in [-0.3, -0.25) is 4.57 Å². The lowest BCUT2D eigenvalue weighted by Crippen LogP contribution is -1.91. The van der Waals surface area contributed by atoms with Gasteiger partial charge >= 0.3 is 0 Å². The van der Waals surface area contributed by atoms with Crippen LogP contribution in [0.2, 0.25) is 0 Å². The van der Waals surface area contributed by atoms with Crippen molar-refractivity contribution < 1.29 is 0 Å². The molecule has 0 aliphatic carbocycles. The van der Waals surface area contributed by atoms with Crippen LogP contribution in [0.25, 0.3) is 5.00 Å². The minimum absolute atomic E-state index is 0.590. The van der Waals surface area contributed by atoms with Gasteiger partial charge in [-0.1, -0.05) is 0 Å². The molecule has 0 aromatic carbocycles. The molecule has 0 aliphatic rings. The van der Waals surface area contributed by atoms with Crippen LogP contribution < -0.4 is 5.73 Å². The summed E-state index contributed by atoms with van der Waals surface area (Å²) in [5.41, 5.74) is 5.49. The second-order valence-electron chi connectivity index (χ2n) is 2.31. The summed E-state index contributed by atoms with van der Waals surface area (Å²) in [5, 5.41) is 8.54. The molecule has 62 valence electrons. The highest BCUT2D eigenvalue weighted by Gasteiger charge is 1.99. The standard InChI is InChI=1S/C7H8N4S/c8-3-6-1-2-7(12-6)11-4-9-10-5-11/h1-2,4-5H,3,8H2. The fourth-order valence-electron chi connectivity index (χ4n) is 0.930. The van der Waals surface area contributed by atoms with Crippen LogP contribution in [0.3, 0.4) is 0 Å². The van der Waals surface area contributed by atoms with Crippen LogP contribution in [0.5, 0.6) is 0 Å². The predicted molar refractivity (Wildman–Crippen MR) is 47.1 cm³/mol. The fraction of sp³-hybridized carbons (Fsp3) is 0.143. The summed E-state index contributed by atoms with van der Waals surface area (Å²) in [5.74, 6) is 0. The maximum Gasteiger partial charge on any atom is 0.124 e. The average Bonchev–Trinajstić information content (AvgIpc) is 2.75. The Labute approximate surface area is 73.7 Å². The molecule has 2 heterocycles. The van der Waals surface area contributed by atoms with Crippen LogP contribution in [-0.4, -0.2) is 14.8 Å². The number of rotatable bonds is 2. The molecule has 0 unspecified atom stereocenters. The van der Waals surface area contributed by atoms with Gasteiger partial charge in [0.15, 0.2) is 0 Å². The molecular weight excluding hydrogens is 172 g/mol. The van der Waals surface area contributed by atoms with Crippen molar-refractivity contribution in [3.8, 4) is 5.00 Å². The van der Waals surface area contributed by atoms with Gasteiger partial charge in [0, 0.05) is 11.4 Å². The molecule has 2 aromatic rings. The lowest BCUT2D eigenvalue weighted by atomic mass is 10.5. The molecular formula is C7H8N4S. The summed E-state index contributed by atoms with van der Waals surface area (Å²) in [6, 6.07) is 4.02. The zero-order valence-corrected chi connectivity index (χ0v) is 7.16. The second-order valence-corrected chi connectivity index (χ2v) is 3.46. The number of hydrogen-bond acceptors (Lipinski definition) is 4. The lowest BCUT2D eigenvalue weighted by molar-refractivity contribution is 1.09. The fourth-order valence-corrected chi connectivity index (χ4v) is 1.75. The van der Waals surface area contributed by atoms with E-state index < -0.39 is 0 Å². The van der Waals surface area contributed by atoms with Gasteiger partial charge in [0.2, 0.25) is 0 Å². The van der Waals surface area contributed by atoms with Crippen molar-refractivity contribution in [3.63, 3.8) is 0 Å². The molecule has 2 aromatic heterocycles. The maximum absolute atomic E-state index is 5.49. The van der Waals surface area contributed by atoms with Crippen LogP contribution in [0.1, 0.15) is 4.88 Å². The molecule has 4 nitrogen and oxygen atoms in total. The summed E-state index contributed by atoms with van der Waals surface area (Å²) in [7, 11) is 0. The van der Waals surface area contributed by atoms with Gasteiger partial charge in [0.25, 0.3) is 0 Å². The van der Waals surface area contributed by atoms with E-state index in [0.717, 1.165) is 5.00 Å². The minimum atomic E-state index is 0.590.